The first kappa shape index (κ1) is 12.4. The molecule has 0 saturated heterocycles. The van der Waals surface area contributed by atoms with Gasteiger partial charge in [-0.3, -0.25) is 0 Å². The largest absolute Gasteiger partial charge is 0.399 e. The van der Waals surface area contributed by atoms with Crippen LogP contribution in [0.3, 0.4) is 0 Å². The number of nitrogen functional groups attached to an aromatic ring is 1. The number of thiophene rings is 1. The van der Waals surface area contributed by atoms with Gasteiger partial charge in [-0.2, -0.15) is 0 Å². The second-order valence-electron chi connectivity index (χ2n) is 4.37. The van der Waals surface area contributed by atoms with Gasteiger partial charge in [0.15, 0.2) is 9.84 Å². The molecule has 5 heteroatoms. The van der Waals surface area contributed by atoms with E-state index in [2.05, 4.69) is 0 Å². The van der Waals surface area contributed by atoms with E-state index in [4.69, 9.17) is 5.73 Å². The number of rotatable bonds is 3. The Morgan fingerprint density at radius 2 is 2.00 bits per heavy atom. The van der Waals surface area contributed by atoms with E-state index in [-0.39, 0.29) is 11.0 Å². The molecule has 0 aliphatic rings. The van der Waals surface area contributed by atoms with Crippen molar-refractivity contribution < 1.29 is 8.42 Å². The van der Waals surface area contributed by atoms with Crippen LogP contribution in [0.2, 0.25) is 0 Å². The highest BCUT2D eigenvalue weighted by Gasteiger charge is 2.18. The standard InChI is InChI=1S/C12H15NO2S2/c1-8(2)17(14,15)7-11-6-9-5-10(13)3-4-12(9)16-11/h3-6,8H,7,13H2,1-2H3. The molecule has 1 heterocycles. The molecule has 0 saturated carbocycles. The zero-order chi connectivity index (χ0) is 12.6. The summed E-state index contributed by atoms with van der Waals surface area (Å²) in [5, 5.41) is 0.682. The topological polar surface area (TPSA) is 60.2 Å². The Morgan fingerprint density at radius 1 is 1.29 bits per heavy atom. The number of hydrogen-bond acceptors (Lipinski definition) is 4. The van der Waals surface area contributed by atoms with Gasteiger partial charge in [0.05, 0.1) is 11.0 Å². The van der Waals surface area contributed by atoms with Crippen molar-refractivity contribution in [1.29, 1.82) is 0 Å². The molecule has 92 valence electrons. The Bertz CT molecular complexity index is 642. The lowest BCUT2D eigenvalue weighted by Gasteiger charge is -2.04. The van der Waals surface area contributed by atoms with Crippen molar-refractivity contribution in [2.24, 2.45) is 0 Å². The van der Waals surface area contributed by atoms with E-state index >= 15 is 0 Å². The predicted octanol–water partition coefficient (Wildman–Crippen LogP) is 2.81. The quantitative estimate of drug-likeness (QED) is 0.872. The van der Waals surface area contributed by atoms with Crippen molar-refractivity contribution in [2.45, 2.75) is 24.9 Å². The van der Waals surface area contributed by atoms with Gasteiger partial charge in [0.2, 0.25) is 0 Å². The van der Waals surface area contributed by atoms with E-state index in [0.717, 1.165) is 15.0 Å². The lowest BCUT2D eigenvalue weighted by molar-refractivity contribution is 0.587. The van der Waals surface area contributed by atoms with Crippen LogP contribution in [0.25, 0.3) is 10.1 Å². The summed E-state index contributed by atoms with van der Waals surface area (Å²) in [7, 11) is -3.03. The molecule has 0 aliphatic heterocycles. The predicted molar refractivity (Wildman–Crippen MR) is 74.0 cm³/mol. The SMILES string of the molecule is CC(C)S(=O)(=O)Cc1cc2cc(N)ccc2s1. The highest BCUT2D eigenvalue weighted by molar-refractivity contribution is 7.91. The van der Waals surface area contributed by atoms with Crippen LogP contribution in [0.1, 0.15) is 18.7 Å². The molecule has 0 amide bonds. The van der Waals surface area contributed by atoms with Gasteiger partial charge in [-0.25, -0.2) is 8.42 Å². The third-order valence-electron chi connectivity index (χ3n) is 2.65. The molecule has 0 aliphatic carbocycles. The molecule has 0 bridgehead atoms. The number of anilines is 1. The molecule has 0 spiro atoms. The number of hydrogen-bond donors (Lipinski definition) is 1. The maximum Gasteiger partial charge on any atom is 0.157 e. The summed E-state index contributed by atoms with van der Waals surface area (Å²) >= 11 is 1.52. The third-order valence-corrected chi connectivity index (χ3v) is 6.10. The van der Waals surface area contributed by atoms with E-state index in [0.29, 0.717) is 5.69 Å². The summed E-state index contributed by atoms with van der Waals surface area (Å²) in [5.41, 5.74) is 6.40. The van der Waals surface area contributed by atoms with Gasteiger partial charge in [-0.1, -0.05) is 0 Å². The fraction of sp³-hybridized carbons (Fsp3) is 0.333. The van der Waals surface area contributed by atoms with Crippen LogP contribution in [0.5, 0.6) is 0 Å². The van der Waals surface area contributed by atoms with Gasteiger partial charge >= 0.3 is 0 Å². The molecule has 3 nitrogen and oxygen atoms in total. The summed E-state index contributed by atoms with van der Waals surface area (Å²) in [6, 6.07) is 7.55. The van der Waals surface area contributed by atoms with Crippen LogP contribution >= 0.6 is 11.3 Å². The van der Waals surface area contributed by atoms with Crippen molar-refractivity contribution in [1.82, 2.24) is 0 Å². The Hall–Kier alpha value is -1.07. The molecule has 2 N–H and O–H groups in total. The molecular formula is C12H15NO2S2. The van der Waals surface area contributed by atoms with Crippen LogP contribution in [0.15, 0.2) is 24.3 Å². The van der Waals surface area contributed by atoms with Crippen LogP contribution in [-0.4, -0.2) is 13.7 Å². The first-order chi connectivity index (χ1) is 7.88. The molecule has 0 unspecified atom stereocenters. The normalized spacial score (nSPS) is 12.4. The molecule has 2 aromatic rings. The highest BCUT2D eigenvalue weighted by atomic mass is 32.2. The van der Waals surface area contributed by atoms with Gasteiger partial charge in [0.25, 0.3) is 0 Å². The first-order valence-corrected chi connectivity index (χ1v) is 7.91. The molecule has 0 fully saturated rings. The number of benzene rings is 1. The number of sulfone groups is 1. The van der Waals surface area contributed by atoms with Crippen LogP contribution in [-0.2, 0) is 15.6 Å². The lowest BCUT2D eigenvalue weighted by atomic mass is 10.2. The molecule has 0 radical (unpaired) electrons. The molecule has 1 aromatic heterocycles. The van der Waals surface area contributed by atoms with E-state index in [1.165, 1.54) is 11.3 Å². The van der Waals surface area contributed by atoms with Crippen molar-refractivity contribution in [3.8, 4) is 0 Å². The van der Waals surface area contributed by atoms with Crippen molar-refractivity contribution >= 4 is 36.9 Å². The minimum absolute atomic E-state index is 0.115. The second kappa shape index (κ2) is 4.31. The highest BCUT2D eigenvalue weighted by Crippen LogP contribution is 2.29. The van der Waals surface area contributed by atoms with Crippen molar-refractivity contribution in [3.63, 3.8) is 0 Å². The smallest absolute Gasteiger partial charge is 0.157 e. The number of fused-ring (bicyclic) bond motifs is 1. The maximum atomic E-state index is 11.8. The molecule has 0 atom stereocenters. The van der Waals surface area contributed by atoms with Gasteiger partial charge in [-0.15, -0.1) is 11.3 Å². The fourth-order valence-electron chi connectivity index (χ4n) is 1.55. The average molecular weight is 269 g/mol. The van der Waals surface area contributed by atoms with Crippen molar-refractivity contribution in [3.05, 3.63) is 29.1 Å². The van der Waals surface area contributed by atoms with Gasteiger partial charge in [-0.05, 0) is 43.5 Å². The average Bonchev–Trinajstić information content (AvgIpc) is 2.57. The molecule has 17 heavy (non-hydrogen) atoms. The zero-order valence-corrected chi connectivity index (χ0v) is 11.4. The molecule has 1 aromatic carbocycles. The molecule has 2 rings (SSSR count). The summed E-state index contributed by atoms with van der Waals surface area (Å²) < 4.78 is 24.7. The van der Waals surface area contributed by atoms with Crippen LogP contribution < -0.4 is 5.73 Å². The van der Waals surface area contributed by atoms with E-state index in [1.54, 1.807) is 13.8 Å². The lowest BCUT2D eigenvalue weighted by Crippen LogP contribution is -2.15. The summed E-state index contributed by atoms with van der Waals surface area (Å²) in [6.45, 7) is 3.42. The Balaban J connectivity index is 2.38. The molecular weight excluding hydrogens is 254 g/mol. The zero-order valence-electron chi connectivity index (χ0n) is 9.80. The second-order valence-corrected chi connectivity index (χ2v) is 8.09. The monoisotopic (exact) mass is 269 g/mol. The first-order valence-electron chi connectivity index (χ1n) is 5.38. The van der Waals surface area contributed by atoms with Gasteiger partial charge in [0, 0.05) is 15.3 Å². The summed E-state index contributed by atoms with van der Waals surface area (Å²) in [5.74, 6) is 0.115. The fourth-order valence-corrected chi connectivity index (χ4v) is 3.93. The van der Waals surface area contributed by atoms with Gasteiger partial charge in [0.1, 0.15) is 0 Å². The maximum absolute atomic E-state index is 11.8. The number of nitrogens with two attached hydrogens (primary N) is 1. The van der Waals surface area contributed by atoms with E-state index < -0.39 is 9.84 Å². The summed E-state index contributed by atoms with van der Waals surface area (Å²) in [4.78, 5) is 0.874. The Morgan fingerprint density at radius 3 is 2.65 bits per heavy atom. The van der Waals surface area contributed by atoms with Crippen LogP contribution in [0.4, 0.5) is 5.69 Å². The summed E-state index contributed by atoms with van der Waals surface area (Å²) in [6.07, 6.45) is 0. The Labute approximate surface area is 105 Å². The van der Waals surface area contributed by atoms with Crippen LogP contribution in [0, 0.1) is 0 Å². The Kier molecular flexibility index (Phi) is 3.14. The van der Waals surface area contributed by atoms with Gasteiger partial charge < -0.3 is 5.73 Å². The van der Waals surface area contributed by atoms with E-state index in [1.807, 2.05) is 24.3 Å². The third kappa shape index (κ3) is 2.61. The minimum atomic E-state index is -3.03. The van der Waals surface area contributed by atoms with E-state index in [9.17, 15) is 8.42 Å². The minimum Gasteiger partial charge on any atom is -0.399 e. The van der Waals surface area contributed by atoms with Crippen molar-refractivity contribution in [2.75, 3.05) is 5.73 Å².